The summed E-state index contributed by atoms with van der Waals surface area (Å²) >= 11 is 0. The van der Waals surface area contributed by atoms with Gasteiger partial charge in [0.25, 0.3) is 0 Å². The Morgan fingerprint density at radius 2 is 1.28 bits per heavy atom. The van der Waals surface area contributed by atoms with Gasteiger partial charge in [0.1, 0.15) is 0 Å². The van der Waals surface area contributed by atoms with Crippen molar-refractivity contribution in [1.82, 2.24) is 0 Å². The average Bonchev–Trinajstić information content (AvgIpc) is 2.80. The van der Waals surface area contributed by atoms with Gasteiger partial charge in [-0.3, -0.25) is 0 Å². The maximum absolute atomic E-state index is 2.43. The third kappa shape index (κ3) is 3.82. The molecular weight excluding hydrogens is 367 g/mol. The molecule has 29 heavy (non-hydrogen) atoms. The SMILES string of the molecule is C(=C1\CCCc2c(-c3ccccc3)cc(-c3ccccc3)pc21)/c1ccccc1. The second-order valence-electron chi connectivity index (χ2n) is 7.55. The molecule has 0 atom stereocenters. The summed E-state index contributed by atoms with van der Waals surface area (Å²) in [5.41, 5.74) is 8.36. The highest BCUT2D eigenvalue weighted by atomic mass is 31.0. The molecule has 4 aromatic rings. The lowest BCUT2D eigenvalue weighted by Gasteiger charge is -2.24. The Morgan fingerprint density at radius 3 is 1.97 bits per heavy atom. The molecule has 0 aliphatic heterocycles. The van der Waals surface area contributed by atoms with Gasteiger partial charge in [-0.2, -0.15) is 0 Å². The predicted molar refractivity (Wildman–Crippen MR) is 127 cm³/mol. The summed E-state index contributed by atoms with van der Waals surface area (Å²) in [5, 5.41) is 2.91. The van der Waals surface area contributed by atoms with E-state index >= 15 is 0 Å². The van der Waals surface area contributed by atoms with Gasteiger partial charge in [-0.1, -0.05) is 105 Å². The van der Waals surface area contributed by atoms with Crippen molar-refractivity contribution in [2.24, 2.45) is 0 Å². The van der Waals surface area contributed by atoms with E-state index in [4.69, 9.17) is 0 Å². The molecule has 1 heteroatoms. The van der Waals surface area contributed by atoms with Gasteiger partial charge in [0.15, 0.2) is 0 Å². The number of fused-ring (bicyclic) bond motifs is 1. The van der Waals surface area contributed by atoms with Crippen LogP contribution in [-0.4, -0.2) is 0 Å². The van der Waals surface area contributed by atoms with Crippen molar-refractivity contribution >= 4 is 19.8 Å². The van der Waals surface area contributed by atoms with Crippen LogP contribution in [0, 0.1) is 0 Å². The standard InChI is InChI=1S/C28H23P/c1-4-11-21(12-5-1)19-24-17-10-18-25-26(22-13-6-2-7-14-22)20-27(29-28(24)25)23-15-8-3-9-16-23/h1-9,11-16,19-20H,10,17-18H2/b24-19-. The molecule has 0 bridgehead atoms. The molecule has 0 fully saturated rings. The summed E-state index contributed by atoms with van der Waals surface area (Å²) in [6, 6.07) is 34.9. The highest BCUT2D eigenvalue weighted by Crippen LogP contribution is 2.46. The number of allylic oxidation sites excluding steroid dienone is 1. The van der Waals surface area contributed by atoms with E-state index in [1.165, 1.54) is 58.6 Å². The Kier molecular flexibility index (Phi) is 5.11. The Bertz CT molecular complexity index is 1140. The Labute approximate surface area is 174 Å². The number of hydrogen-bond acceptors (Lipinski definition) is 0. The number of hydrogen-bond donors (Lipinski definition) is 0. The maximum Gasteiger partial charge on any atom is 0.0102 e. The molecule has 3 aromatic carbocycles. The normalized spacial score (nSPS) is 14.8. The largest absolute Gasteiger partial charge is 0.0622 e. The van der Waals surface area contributed by atoms with Crippen molar-refractivity contribution in [2.75, 3.05) is 0 Å². The highest BCUT2D eigenvalue weighted by molar-refractivity contribution is 7.35. The van der Waals surface area contributed by atoms with Crippen LogP contribution in [0.3, 0.4) is 0 Å². The van der Waals surface area contributed by atoms with E-state index in [0.717, 1.165) is 12.8 Å². The smallest absolute Gasteiger partial charge is 0.0102 e. The molecule has 0 amide bonds. The molecule has 0 saturated heterocycles. The quantitative estimate of drug-likeness (QED) is 0.329. The zero-order chi connectivity index (χ0) is 19.5. The van der Waals surface area contributed by atoms with E-state index in [2.05, 4.69) is 103 Å². The van der Waals surface area contributed by atoms with Gasteiger partial charge in [-0.25, -0.2) is 0 Å². The molecule has 140 valence electrons. The van der Waals surface area contributed by atoms with E-state index < -0.39 is 0 Å². The Balaban J connectivity index is 1.73. The maximum atomic E-state index is 2.43. The Morgan fingerprint density at radius 1 is 0.655 bits per heavy atom. The number of rotatable bonds is 3. The molecule has 0 saturated carbocycles. The summed E-state index contributed by atoms with van der Waals surface area (Å²) < 4.78 is 0. The van der Waals surface area contributed by atoms with Gasteiger partial charge >= 0.3 is 0 Å². The summed E-state index contributed by atoms with van der Waals surface area (Å²) in [7, 11) is 1.33. The third-order valence-electron chi connectivity index (χ3n) is 5.60. The first-order chi connectivity index (χ1) is 14.4. The molecule has 5 rings (SSSR count). The molecular formula is C28H23P. The monoisotopic (exact) mass is 390 g/mol. The van der Waals surface area contributed by atoms with Crippen LogP contribution in [0.4, 0.5) is 0 Å². The molecule has 0 radical (unpaired) electrons. The van der Waals surface area contributed by atoms with Crippen LogP contribution in [0.5, 0.6) is 0 Å². The second kappa shape index (κ2) is 8.19. The first-order valence-corrected chi connectivity index (χ1v) is 11.2. The van der Waals surface area contributed by atoms with Crippen LogP contribution in [0.2, 0.25) is 0 Å². The fourth-order valence-electron chi connectivity index (χ4n) is 4.19. The molecule has 1 aliphatic carbocycles. The van der Waals surface area contributed by atoms with Crippen LogP contribution in [0.15, 0.2) is 97.1 Å². The highest BCUT2D eigenvalue weighted by Gasteiger charge is 2.20. The molecule has 1 aromatic heterocycles. The minimum Gasteiger partial charge on any atom is -0.0622 e. The zero-order valence-electron chi connectivity index (χ0n) is 16.4. The minimum absolute atomic E-state index is 1.16. The van der Waals surface area contributed by atoms with E-state index in [0.29, 0.717) is 0 Å². The van der Waals surface area contributed by atoms with Gasteiger partial charge in [-0.15, -0.1) is 0 Å². The van der Waals surface area contributed by atoms with Crippen LogP contribution in [0.1, 0.15) is 29.3 Å². The topological polar surface area (TPSA) is 0 Å². The molecule has 0 unspecified atom stereocenters. The van der Waals surface area contributed by atoms with Crippen LogP contribution in [-0.2, 0) is 6.42 Å². The van der Waals surface area contributed by atoms with Crippen molar-refractivity contribution in [3.8, 4) is 22.0 Å². The molecule has 0 spiro atoms. The van der Waals surface area contributed by atoms with Gasteiger partial charge < -0.3 is 0 Å². The molecule has 1 heterocycles. The van der Waals surface area contributed by atoms with Crippen molar-refractivity contribution in [3.63, 3.8) is 0 Å². The lowest BCUT2D eigenvalue weighted by molar-refractivity contribution is 0.832. The summed E-state index contributed by atoms with van der Waals surface area (Å²) in [6.45, 7) is 0. The first-order valence-electron chi connectivity index (χ1n) is 10.3. The number of benzene rings is 3. The van der Waals surface area contributed by atoms with Crippen LogP contribution >= 0.6 is 8.19 Å². The van der Waals surface area contributed by atoms with Crippen LogP contribution in [0.25, 0.3) is 33.6 Å². The van der Waals surface area contributed by atoms with E-state index in [1.807, 2.05) is 0 Å². The predicted octanol–water partition coefficient (Wildman–Crippen LogP) is 8.48. The molecule has 0 N–H and O–H groups in total. The van der Waals surface area contributed by atoms with Crippen LogP contribution < -0.4 is 0 Å². The Hall–Kier alpha value is -2.95. The fourth-order valence-corrected chi connectivity index (χ4v) is 5.59. The second-order valence-corrected chi connectivity index (χ2v) is 8.70. The van der Waals surface area contributed by atoms with Crippen molar-refractivity contribution < 1.29 is 0 Å². The van der Waals surface area contributed by atoms with Crippen molar-refractivity contribution in [2.45, 2.75) is 19.3 Å². The lowest BCUT2D eigenvalue weighted by Crippen LogP contribution is -2.03. The first kappa shape index (κ1) is 18.1. The average molecular weight is 390 g/mol. The van der Waals surface area contributed by atoms with E-state index in [-0.39, 0.29) is 0 Å². The van der Waals surface area contributed by atoms with E-state index in [9.17, 15) is 0 Å². The van der Waals surface area contributed by atoms with E-state index in [1.54, 1.807) is 0 Å². The van der Waals surface area contributed by atoms with Crippen molar-refractivity contribution in [1.29, 1.82) is 0 Å². The lowest BCUT2D eigenvalue weighted by atomic mass is 9.87. The minimum atomic E-state index is 1.16. The summed E-state index contributed by atoms with van der Waals surface area (Å²) in [5.74, 6) is 0. The zero-order valence-corrected chi connectivity index (χ0v) is 17.3. The van der Waals surface area contributed by atoms with Gasteiger partial charge in [0, 0.05) is 10.6 Å². The fraction of sp³-hybridized carbons (Fsp3) is 0.107. The van der Waals surface area contributed by atoms with Gasteiger partial charge in [0.05, 0.1) is 0 Å². The molecule has 1 aliphatic rings. The van der Waals surface area contributed by atoms with Crippen molar-refractivity contribution in [3.05, 3.63) is 113 Å². The summed E-state index contributed by atoms with van der Waals surface area (Å²) in [6.07, 6.45) is 5.94. The van der Waals surface area contributed by atoms with Gasteiger partial charge in [0.2, 0.25) is 0 Å². The van der Waals surface area contributed by atoms with Gasteiger partial charge in [-0.05, 0) is 58.7 Å². The summed E-state index contributed by atoms with van der Waals surface area (Å²) in [4.78, 5) is 0. The molecule has 0 nitrogen and oxygen atoms in total. The third-order valence-corrected chi connectivity index (χ3v) is 7.01.